The second-order valence-corrected chi connectivity index (χ2v) is 8.42. The van der Waals surface area contributed by atoms with Crippen molar-refractivity contribution in [2.45, 2.75) is 6.42 Å². The van der Waals surface area contributed by atoms with Gasteiger partial charge in [0.05, 0.1) is 12.1 Å². The van der Waals surface area contributed by atoms with Crippen molar-refractivity contribution < 1.29 is 23.7 Å². The van der Waals surface area contributed by atoms with Gasteiger partial charge in [0.15, 0.2) is 28.1 Å². The molecule has 2 aromatic carbocycles. The van der Waals surface area contributed by atoms with Gasteiger partial charge < -0.3 is 24.3 Å². The maximum absolute atomic E-state index is 12.6. The molecule has 0 saturated heterocycles. The van der Waals surface area contributed by atoms with E-state index in [2.05, 4.69) is 26.2 Å². The number of amides is 1. The third kappa shape index (κ3) is 3.95. The van der Waals surface area contributed by atoms with E-state index in [4.69, 9.17) is 18.9 Å². The number of ether oxygens (including phenoxy) is 4. The Kier molecular flexibility index (Phi) is 5.22. The molecule has 1 amide bonds. The van der Waals surface area contributed by atoms with Gasteiger partial charge in [0.1, 0.15) is 26.4 Å². The Bertz CT molecular complexity index is 1120. The fourth-order valence-electron chi connectivity index (χ4n) is 3.24. The molecule has 5 rings (SSSR count). The summed E-state index contributed by atoms with van der Waals surface area (Å²) in [5.41, 5.74) is 2.50. The van der Waals surface area contributed by atoms with Gasteiger partial charge in [-0.2, -0.15) is 0 Å². The van der Waals surface area contributed by atoms with Gasteiger partial charge in [-0.3, -0.25) is 4.79 Å². The smallest absolute Gasteiger partial charge is 0.230 e. The molecule has 1 aromatic heterocycles. The van der Waals surface area contributed by atoms with Crippen LogP contribution in [-0.4, -0.2) is 37.3 Å². The number of benzene rings is 2. The van der Waals surface area contributed by atoms with Crippen LogP contribution < -0.4 is 24.3 Å². The topological polar surface area (TPSA) is 78.9 Å². The molecule has 0 aliphatic carbocycles. The molecule has 0 saturated carbocycles. The fraction of sp³-hybridized carbons (Fsp3) is 0.238. The van der Waals surface area contributed by atoms with Crippen LogP contribution in [0.3, 0.4) is 0 Å². The van der Waals surface area contributed by atoms with Crippen LogP contribution in [0.15, 0.2) is 40.2 Å². The van der Waals surface area contributed by atoms with Crippen LogP contribution >= 0.6 is 27.3 Å². The third-order valence-electron chi connectivity index (χ3n) is 4.65. The van der Waals surface area contributed by atoms with E-state index in [9.17, 15) is 4.79 Å². The van der Waals surface area contributed by atoms with Gasteiger partial charge >= 0.3 is 0 Å². The Morgan fingerprint density at radius 3 is 2.40 bits per heavy atom. The molecule has 0 radical (unpaired) electrons. The maximum atomic E-state index is 12.6. The summed E-state index contributed by atoms with van der Waals surface area (Å²) < 4.78 is 23.2. The first-order valence-corrected chi connectivity index (χ1v) is 11.1. The van der Waals surface area contributed by atoms with Crippen LogP contribution in [0.4, 0.5) is 5.13 Å². The summed E-state index contributed by atoms with van der Waals surface area (Å²) in [5, 5.41) is 5.31. The summed E-state index contributed by atoms with van der Waals surface area (Å²) >= 11 is 4.88. The van der Waals surface area contributed by atoms with Crippen LogP contribution in [0.2, 0.25) is 0 Å². The minimum atomic E-state index is -0.157. The monoisotopic (exact) mass is 488 g/mol. The van der Waals surface area contributed by atoms with E-state index >= 15 is 0 Å². The molecular weight excluding hydrogens is 472 g/mol. The fourth-order valence-corrected chi connectivity index (χ4v) is 4.44. The van der Waals surface area contributed by atoms with Crippen molar-refractivity contribution in [3.05, 3.63) is 45.7 Å². The lowest BCUT2D eigenvalue weighted by Crippen LogP contribution is -2.17. The number of carbonyl (C=O) groups is 1. The SMILES string of the molecule is O=C(Cc1cc2c(cc1Br)OCCO2)Nc1nc(-c2ccc3c(c2)OCCO3)cs1. The average Bonchev–Trinajstić information content (AvgIpc) is 3.22. The molecule has 9 heteroatoms. The lowest BCUT2D eigenvalue weighted by molar-refractivity contribution is -0.115. The van der Waals surface area contributed by atoms with Crippen molar-refractivity contribution >= 4 is 38.3 Å². The molecule has 0 fully saturated rings. The first kappa shape index (κ1) is 19.2. The van der Waals surface area contributed by atoms with Gasteiger partial charge in [-0.05, 0) is 35.9 Å². The Balaban J connectivity index is 1.28. The number of nitrogens with one attached hydrogen (secondary N) is 1. The lowest BCUT2D eigenvalue weighted by Gasteiger charge is -2.19. The number of thiazole rings is 1. The van der Waals surface area contributed by atoms with Gasteiger partial charge in [0.2, 0.25) is 5.91 Å². The van der Waals surface area contributed by atoms with E-state index in [1.807, 2.05) is 35.7 Å². The number of anilines is 1. The Morgan fingerprint density at radius 2 is 1.63 bits per heavy atom. The zero-order chi connectivity index (χ0) is 20.5. The molecular formula is C21H17BrN2O5S. The Morgan fingerprint density at radius 1 is 0.967 bits per heavy atom. The second kappa shape index (κ2) is 8.16. The number of aromatic nitrogens is 1. The summed E-state index contributed by atoms with van der Waals surface area (Å²) in [7, 11) is 0. The minimum Gasteiger partial charge on any atom is -0.486 e. The number of halogens is 1. The Labute approximate surface area is 185 Å². The van der Waals surface area contributed by atoms with Crippen molar-refractivity contribution in [3.63, 3.8) is 0 Å². The standard InChI is InChI=1S/C21H17BrN2O5S/c22-14-10-19-18(28-5-6-29-19)8-13(14)9-20(25)24-21-23-15(11-30-21)12-1-2-16-17(7-12)27-4-3-26-16/h1-2,7-8,10-11H,3-6,9H2,(H,23,24,25). The van der Waals surface area contributed by atoms with Gasteiger partial charge in [-0.25, -0.2) is 4.98 Å². The zero-order valence-electron chi connectivity index (χ0n) is 15.8. The number of fused-ring (bicyclic) bond motifs is 2. The molecule has 2 aliphatic rings. The van der Waals surface area contributed by atoms with Gasteiger partial charge in [-0.15, -0.1) is 11.3 Å². The van der Waals surface area contributed by atoms with Crippen LogP contribution in [0.1, 0.15) is 5.56 Å². The van der Waals surface area contributed by atoms with E-state index in [1.54, 1.807) is 0 Å². The number of carbonyl (C=O) groups excluding carboxylic acids is 1. The highest BCUT2D eigenvalue weighted by Crippen LogP contribution is 2.37. The quantitative estimate of drug-likeness (QED) is 0.589. The van der Waals surface area contributed by atoms with Gasteiger partial charge in [0, 0.05) is 15.4 Å². The van der Waals surface area contributed by atoms with E-state index in [1.165, 1.54) is 11.3 Å². The van der Waals surface area contributed by atoms with Gasteiger partial charge in [0.25, 0.3) is 0 Å². The molecule has 2 aliphatic heterocycles. The second-order valence-electron chi connectivity index (χ2n) is 6.71. The largest absolute Gasteiger partial charge is 0.486 e. The maximum Gasteiger partial charge on any atom is 0.230 e. The molecule has 7 nitrogen and oxygen atoms in total. The van der Waals surface area contributed by atoms with Crippen molar-refractivity contribution in [1.82, 2.24) is 4.98 Å². The molecule has 0 atom stereocenters. The number of rotatable bonds is 4. The van der Waals surface area contributed by atoms with E-state index in [0.29, 0.717) is 48.8 Å². The minimum absolute atomic E-state index is 0.157. The molecule has 0 unspecified atom stereocenters. The summed E-state index contributed by atoms with van der Waals surface area (Å²) in [6, 6.07) is 9.38. The highest BCUT2D eigenvalue weighted by Gasteiger charge is 2.18. The van der Waals surface area contributed by atoms with Crippen molar-refractivity contribution in [2.24, 2.45) is 0 Å². The predicted molar refractivity (Wildman–Crippen MR) is 116 cm³/mol. The van der Waals surface area contributed by atoms with Crippen LogP contribution in [0.25, 0.3) is 11.3 Å². The van der Waals surface area contributed by atoms with E-state index in [-0.39, 0.29) is 12.3 Å². The highest BCUT2D eigenvalue weighted by molar-refractivity contribution is 9.10. The number of hydrogen-bond donors (Lipinski definition) is 1. The molecule has 1 N–H and O–H groups in total. The molecule has 0 bridgehead atoms. The average molecular weight is 489 g/mol. The van der Waals surface area contributed by atoms with Crippen molar-refractivity contribution in [1.29, 1.82) is 0 Å². The van der Waals surface area contributed by atoms with Crippen LogP contribution in [0, 0.1) is 0 Å². The third-order valence-corrected chi connectivity index (χ3v) is 6.15. The van der Waals surface area contributed by atoms with Gasteiger partial charge in [-0.1, -0.05) is 15.9 Å². The summed E-state index contributed by atoms with van der Waals surface area (Å²) in [6.07, 6.45) is 0.191. The molecule has 3 heterocycles. The lowest BCUT2D eigenvalue weighted by atomic mass is 10.1. The van der Waals surface area contributed by atoms with Crippen molar-refractivity contribution in [3.8, 4) is 34.3 Å². The summed E-state index contributed by atoms with van der Waals surface area (Å²) in [5.74, 6) is 2.62. The Hall–Kier alpha value is -2.78. The number of nitrogens with zero attached hydrogens (tertiary/aromatic N) is 1. The van der Waals surface area contributed by atoms with Crippen LogP contribution in [-0.2, 0) is 11.2 Å². The molecule has 3 aromatic rings. The highest BCUT2D eigenvalue weighted by atomic mass is 79.9. The molecule has 154 valence electrons. The molecule has 30 heavy (non-hydrogen) atoms. The van der Waals surface area contributed by atoms with E-state index in [0.717, 1.165) is 27.0 Å². The van der Waals surface area contributed by atoms with E-state index < -0.39 is 0 Å². The zero-order valence-corrected chi connectivity index (χ0v) is 18.2. The van der Waals surface area contributed by atoms with Crippen molar-refractivity contribution in [2.75, 3.05) is 31.7 Å². The van der Waals surface area contributed by atoms with Crippen LogP contribution in [0.5, 0.6) is 23.0 Å². The molecule has 0 spiro atoms. The number of hydrogen-bond acceptors (Lipinski definition) is 7. The predicted octanol–water partition coefficient (Wildman–Crippen LogP) is 4.30. The first-order chi connectivity index (χ1) is 14.7. The summed E-state index contributed by atoms with van der Waals surface area (Å²) in [4.78, 5) is 17.1. The normalized spacial score (nSPS) is 14.3. The summed E-state index contributed by atoms with van der Waals surface area (Å²) in [6.45, 7) is 2.11. The first-order valence-electron chi connectivity index (χ1n) is 9.39.